The molecule has 47 heavy (non-hydrogen) atoms. The minimum Gasteiger partial charge on any atom is -0.456 e. The van der Waals surface area contributed by atoms with Gasteiger partial charge in [-0.25, -0.2) is 0 Å². The molecule has 5 aromatic carbocycles. The van der Waals surface area contributed by atoms with Crippen LogP contribution in [0.5, 0.6) is 0 Å². The molecular weight excluding hydrogens is 572 g/mol. The second-order valence-corrected chi connectivity index (χ2v) is 15.0. The van der Waals surface area contributed by atoms with Gasteiger partial charge in [-0.1, -0.05) is 87.5 Å². The van der Waals surface area contributed by atoms with Gasteiger partial charge in [-0.3, -0.25) is 0 Å². The van der Waals surface area contributed by atoms with Crippen molar-refractivity contribution in [3.63, 3.8) is 0 Å². The topological polar surface area (TPSA) is 60.7 Å². The molecule has 4 atom stereocenters. The Morgan fingerprint density at radius 3 is 2.32 bits per heavy atom. The highest BCUT2D eigenvalue weighted by Crippen LogP contribution is 2.59. The molecule has 0 radical (unpaired) electrons. The summed E-state index contributed by atoms with van der Waals surface area (Å²) < 4.78 is 6.68. The van der Waals surface area contributed by atoms with Gasteiger partial charge >= 0.3 is 0 Å². The van der Waals surface area contributed by atoms with Crippen LogP contribution in [0.25, 0.3) is 44.2 Å². The molecule has 3 aliphatic carbocycles. The molecule has 228 valence electrons. The molecule has 6 aromatic rings. The predicted octanol–water partition coefficient (Wildman–Crippen LogP) is 11.4. The van der Waals surface area contributed by atoms with Crippen LogP contribution in [0.3, 0.4) is 0 Å². The summed E-state index contributed by atoms with van der Waals surface area (Å²) in [4.78, 5) is 0. The number of rotatable bonds is 3. The van der Waals surface area contributed by atoms with E-state index < -0.39 is 0 Å². The lowest BCUT2D eigenvalue weighted by molar-refractivity contribution is 0.134. The van der Waals surface area contributed by atoms with E-state index in [4.69, 9.17) is 4.42 Å². The maximum absolute atomic E-state index is 10.2. The zero-order chi connectivity index (χ0) is 32.1. The highest BCUT2D eigenvalue weighted by atomic mass is 16.3. The van der Waals surface area contributed by atoms with Crippen molar-refractivity contribution in [1.29, 1.82) is 10.5 Å². The lowest BCUT2D eigenvalue weighted by Crippen LogP contribution is -2.34. The Kier molecular flexibility index (Phi) is 5.95. The molecule has 9 rings (SSSR count). The summed E-state index contributed by atoms with van der Waals surface area (Å²) in [5.41, 5.74) is 14.1. The van der Waals surface area contributed by atoms with Crippen LogP contribution in [0, 0.1) is 34.0 Å². The van der Waals surface area contributed by atoms with Crippen LogP contribution in [0.2, 0.25) is 0 Å². The molecule has 4 unspecified atom stereocenters. The first-order chi connectivity index (χ1) is 22.8. The highest BCUT2D eigenvalue weighted by molar-refractivity contribution is 6.09. The van der Waals surface area contributed by atoms with Crippen LogP contribution in [-0.2, 0) is 5.41 Å². The molecule has 1 heterocycles. The van der Waals surface area contributed by atoms with E-state index in [-0.39, 0.29) is 28.6 Å². The van der Waals surface area contributed by atoms with E-state index in [9.17, 15) is 10.5 Å². The summed E-state index contributed by atoms with van der Waals surface area (Å²) in [6.07, 6.45) is 3.73. The number of fused-ring (bicyclic) bond motifs is 9. The van der Waals surface area contributed by atoms with E-state index >= 15 is 0 Å². The molecule has 3 nitrogen and oxygen atoms in total. The van der Waals surface area contributed by atoms with Crippen molar-refractivity contribution < 1.29 is 4.42 Å². The standard InChI is InChI=1S/C44H36N2O/c1-43(2)37-13-7-6-11-31(37)34-21-35-41(22-38(34)43)47-40-14-8-12-32(42(35)40)39-20-27(25-46)17-18-44(39,3)23-36-29-10-5-4-9-28(29)33-19-26(24-45)15-16-30(33)36/h4-16,19,21-22,27,36,39H,17-18,20,23H2,1-3H3. The Bertz CT molecular complexity index is 2360. The lowest BCUT2D eigenvalue weighted by Gasteiger charge is -2.45. The maximum Gasteiger partial charge on any atom is 0.135 e. The molecule has 0 amide bonds. The van der Waals surface area contributed by atoms with Gasteiger partial charge in [0.2, 0.25) is 0 Å². The van der Waals surface area contributed by atoms with Crippen molar-refractivity contribution in [3.05, 3.63) is 130 Å². The predicted molar refractivity (Wildman–Crippen MR) is 188 cm³/mol. The van der Waals surface area contributed by atoms with Crippen LogP contribution < -0.4 is 0 Å². The van der Waals surface area contributed by atoms with Gasteiger partial charge in [0.15, 0.2) is 0 Å². The van der Waals surface area contributed by atoms with Crippen molar-refractivity contribution in [1.82, 2.24) is 0 Å². The third-order valence-electron chi connectivity index (χ3n) is 12.1. The molecule has 0 bridgehead atoms. The fourth-order valence-electron chi connectivity index (χ4n) is 9.63. The molecule has 3 heteroatoms. The van der Waals surface area contributed by atoms with Gasteiger partial charge in [-0.05, 0) is 117 Å². The Morgan fingerprint density at radius 1 is 0.723 bits per heavy atom. The Labute approximate surface area is 276 Å². The van der Waals surface area contributed by atoms with Crippen molar-refractivity contribution in [3.8, 4) is 34.4 Å². The summed E-state index contributed by atoms with van der Waals surface area (Å²) in [5, 5.41) is 22.3. The second kappa shape index (κ2) is 9.94. The van der Waals surface area contributed by atoms with Gasteiger partial charge in [0.05, 0.1) is 17.7 Å². The maximum atomic E-state index is 10.2. The van der Waals surface area contributed by atoms with Crippen molar-refractivity contribution in [2.24, 2.45) is 11.3 Å². The Hall–Kier alpha value is -5.12. The summed E-state index contributed by atoms with van der Waals surface area (Å²) in [7, 11) is 0. The molecule has 1 fully saturated rings. The first-order valence-electron chi connectivity index (χ1n) is 16.9. The minimum atomic E-state index is -0.0915. The number of nitriles is 2. The number of furan rings is 1. The molecule has 0 spiro atoms. The number of benzene rings is 5. The largest absolute Gasteiger partial charge is 0.456 e. The number of nitrogens with zero attached hydrogens (tertiary/aromatic N) is 2. The molecule has 0 aliphatic heterocycles. The SMILES string of the molecule is CC1(C)c2ccccc2-c2cc3c(cc21)oc1cccc(C2CC(C#N)CCC2(C)CC2c4ccccc4-c4cc(C#N)ccc42)c13. The first-order valence-corrected chi connectivity index (χ1v) is 16.9. The van der Waals surface area contributed by atoms with E-state index in [1.54, 1.807) is 0 Å². The van der Waals surface area contributed by atoms with Crippen molar-refractivity contribution in [2.75, 3.05) is 0 Å². The molecule has 0 N–H and O–H groups in total. The van der Waals surface area contributed by atoms with Crippen molar-refractivity contribution >= 4 is 21.9 Å². The summed E-state index contributed by atoms with van der Waals surface area (Å²) in [6, 6.07) is 40.0. The zero-order valence-electron chi connectivity index (χ0n) is 27.1. The van der Waals surface area contributed by atoms with E-state index in [1.165, 1.54) is 60.8 Å². The van der Waals surface area contributed by atoms with Crippen LogP contribution >= 0.6 is 0 Å². The Balaban J connectivity index is 1.21. The van der Waals surface area contributed by atoms with Gasteiger partial charge < -0.3 is 4.42 Å². The summed E-state index contributed by atoms with van der Waals surface area (Å²) in [6.45, 7) is 7.09. The third kappa shape index (κ3) is 3.96. The first kappa shape index (κ1) is 28.1. The van der Waals surface area contributed by atoms with E-state index in [0.717, 1.165) is 36.8 Å². The van der Waals surface area contributed by atoms with Crippen LogP contribution in [0.4, 0.5) is 0 Å². The quantitative estimate of drug-likeness (QED) is 0.201. The Morgan fingerprint density at radius 2 is 1.49 bits per heavy atom. The van der Waals surface area contributed by atoms with E-state index in [0.29, 0.717) is 5.56 Å². The number of hydrogen-bond donors (Lipinski definition) is 0. The summed E-state index contributed by atoms with van der Waals surface area (Å²) >= 11 is 0. The fourth-order valence-corrected chi connectivity index (χ4v) is 9.63. The van der Waals surface area contributed by atoms with Crippen LogP contribution in [0.15, 0.2) is 101 Å². The average Bonchev–Trinajstić information content (AvgIpc) is 3.69. The smallest absolute Gasteiger partial charge is 0.135 e. The summed E-state index contributed by atoms with van der Waals surface area (Å²) in [5.74, 6) is 0.458. The van der Waals surface area contributed by atoms with Gasteiger partial charge in [0.25, 0.3) is 0 Å². The zero-order valence-corrected chi connectivity index (χ0v) is 27.1. The molecule has 1 saturated carbocycles. The van der Waals surface area contributed by atoms with Crippen molar-refractivity contribution in [2.45, 2.75) is 63.7 Å². The fraction of sp³-hybridized carbons (Fsp3) is 0.273. The highest BCUT2D eigenvalue weighted by Gasteiger charge is 2.45. The normalized spacial score (nSPS) is 23.5. The van der Waals surface area contributed by atoms with E-state index in [1.807, 2.05) is 6.07 Å². The van der Waals surface area contributed by atoms with Gasteiger partial charge in [-0.2, -0.15) is 10.5 Å². The van der Waals surface area contributed by atoms with Crippen LogP contribution in [0.1, 0.15) is 91.7 Å². The number of hydrogen-bond acceptors (Lipinski definition) is 3. The molecule has 3 aliphatic rings. The molecular formula is C44H36N2O. The monoisotopic (exact) mass is 608 g/mol. The molecule has 1 aromatic heterocycles. The molecule has 0 saturated heterocycles. The van der Waals surface area contributed by atoms with Gasteiger partial charge in [0, 0.05) is 28.0 Å². The average molecular weight is 609 g/mol. The third-order valence-corrected chi connectivity index (χ3v) is 12.1. The van der Waals surface area contributed by atoms with E-state index in [2.05, 4.69) is 124 Å². The van der Waals surface area contributed by atoms with Crippen LogP contribution in [-0.4, -0.2) is 0 Å². The second-order valence-electron chi connectivity index (χ2n) is 15.0. The van der Waals surface area contributed by atoms with Gasteiger partial charge in [0.1, 0.15) is 11.2 Å². The van der Waals surface area contributed by atoms with Gasteiger partial charge in [-0.15, -0.1) is 0 Å². The lowest BCUT2D eigenvalue weighted by atomic mass is 9.58. The minimum absolute atomic E-state index is 0.0276.